The molecule has 0 aliphatic carbocycles. The molecule has 0 saturated carbocycles. The highest BCUT2D eigenvalue weighted by molar-refractivity contribution is 6.33. The normalized spacial score (nSPS) is 10.3. The molecule has 1 N–H and O–H groups in total. The third kappa shape index (κ3) is 2.87. The van der Waals surface area contributed by atoms with E-state index in [0.29, 0.717) is 27.4 Å². The van der Waals surface area contributed by atoms with Crippen molar-refractivity contribution < 1.29 is 4.39 Å². The fourth-order valence-corrected chi connectivity index (χ4v) is 2.59. The maximum atomic E-state index is 13.1. The number of pyridine rings is 1. The molecular formula is C18H10ClFN2O. The summed E-state index contributed by atoms with van der Waals surface area (Å²) in [6, 6.07) is 16.3. The van der Waals surface area contributed by atoms with Crippen LogP contribution < -0.4 is 5.56 Å². The molecule has 3 nitrogen and oxygen atoms in total. The summed E-state index contributed by atoms with van der Waals surface area (Å²) in [6.07, 6.45) is 0. The maximum Gasteiger partial charge on any atom is 0.266 e. The molecule has 0 spiro atoms. The van der Waals surface area contributed by atoms with Gasteiger partial charge in [0.15, 0.2) is 0 Å². The van der Waals surface area contributed by atoms with Gasteiger partial charge in [-0.25, -0.2) is 4.39 Å². The Morgan fingerprint density at radius 1 is 1.04 bits per heavy atom. The Kier molecular flexibility index (Phi) is 3.96. The molecular weight excluding hydrogens is 315 g/mol. The van der Waals surface area contributed by atoms with Crippen molar-refractivity contribution in [1.29, 1.82) is 5.26 Å². The third-order valence-electron chi connectivity index (χ3n) is 3.46. The average molecular weight is 325 g/mol. The fourth-order valence-electron chi connectivity index (χ4n) is 2.35. The second kappa shape index (κ2) is 6.07. The average Bonchev–Trinajstić information content (AvgIpc) is 2.55. The summed E-state index contributed by atoms with van der Waals surface area (Å²) in [5.41, 5.74) is 1.65. The van der Waals surface area contributed by atoms with Crippen LogP contribution in [0.4, 0.5) is 4.39 Å². The molecule has 0 bridgehead atoms. The second-order valence-corrected chi connectivity index (χ2v) is 5.31. The Bertz CT molecular complexity index is 972. The van der Waals surface area contributed by atoms with Crippen LogP contribution in [0, 0.1) is 17.1 Å². The van der Waals surface area contributed by atoms with Gasteiger partial charge in [-0.15, -0.1) is 0 Å². The maximum absolute atomic E-state index is 13.1. The highest BCUT2D eigenvalue weighted by Crippen LogP contribution is 2.31. The molecule has 3 rings (SSSR count). The highest BCUT2D eigenvalue weighted by Gasteiger charge is 2.14. The Hall–Kier alpha value is -2.90. The van der Waals surface area contributed by atoms with Crippen LogP contribution in [-0.2, 0) is 0 Å². The van der Waals surface area contributed by atoms with Crippen molar-refractivity contribution in [2.75, 3.05) is 0 Å². The fraction of sp³-hybridized carbons (Fsp3) is 0. The Balaban J connectivity index is 2.27. The van der Waals surface area contributed by atoms with E-state index in [9.17, 15) is 14.4 Å². The molecule has 5 heteroatoms. The predicted molar refractivity (Wildman–Crippen MR) is 87.6 cm³/mol. The number of rotatable bonds is 2. The standard InChI is InChI=1S/C18H10ClFN2O/c19-16-4-2-1-3-13(16)14-9-17(22-18(23)15(14)10-21)11-5-7-12(20)8-6-11/h1-9H,(H,22,23). The lowest BCUT2D eigenvalue weighted by atomic mass is 9.99. The van der Waals surface area contributed by atoms with Crippen LogP contribution in [0.1, 0.15) is 5.56 Å². The van der Waals surface area contributed by atoms with Gasteiger partial charge < -0.3 is 4.98 Å². The molecule has 23 heavy (non-hydrogen) atoms. The number of aromatic amines is 1. The van der Waals surface area contributed by atoms with Crippen LogP contribution in [0.15, 0.2) is 59.4 Å². The summed E-state index contributed by atoms with van der Waals surface area (Å²) < 4.78 is 13.1. The van der Waals surface area contributed by atoms with Gasteiger partial charge in [-0.1, -0.05) is 29.8 Å². The summed E-state index contributed by atoms with van der Waals surface area (Å²) in [6.45, 7) is 0. The van der Waals surface area contributed by atoms with Crippen molar-refractivity contribution in [3.05, 3.63) is 81.4 Å². The number of aromatic nitrogens is 1. The van der Waals surface area contributed by atoms with E-state index in [4.69, 9.17) is 11.6 Å². The van der Waals surface area contributed by atoms with Gasteiger partial charge >= 0.3 is 0 Å². The molecule has 0 fully saturated rings. The van der Waals surface area contributed by atoms with Crippen molar-refractivity contribution in [3.63, 3.8) is 0 Å². The number of nitrogens with one attached hydrogen (secondary N) is 1. The minimum atomic E-state index is -0.510. The lowest BCUT2D eigenvalue weighted by Crippen LogP contribution is -2.12. The number of benzene rings is 2. The van der Waals surface area contributed by atoms with E-state index in [0.717, 1.165) is 0 Å². The number of H-pyrrole nitrogens is 1. The zero-order valence-electron chi connectivity index (χ0n) is 11.8. The smallest absolute Gasteiger partial charge is 0.266 e. The molecule has 0 saturated heterocycles. The van der Waals surface area contributed by atoms with Gasteiger partial charge in [0.25, 0.3) is 5.56 Å². The monoisotopic (exact) mass is 324 g/mol. The third-order valence-corrected chi connectivity index (χ3v) is 3.79. The van der Waals surface area contributed by atoms with E-state index in [2.05, 4.69) is 4.98 Å². The van der Waals surface area contributed by atoms with Gasteiger partial charge in [0.05, 0.1) is 0 Å². The largest absolute Gasteiger partial charge is 0.321 e. The van der Waals surface area contributed by atoms with E-state index in [1.807, 2.05) is 6.07 Å². The summed E-state index contributed by atoms with van der Waals surface area (Å²) in [7, 11) is 0. The van der Waals surface area contributed by atoms with Gasteiger partial charge in [-0.05, 0) is 42.0 Å². The van der Waals surface area contributed by atoms with E-state index in [1.54, 1.807) is 42.5 Å². The second-order valence-electron chi connectivity index (χ2n) is 4.90. The molecule has 0 aliphatic heterocycles. The van der Waals surface area contributed by atoms with Crippen LogP contribution in [0.3, 0.4) is 0 Å². The topological polar surface area (TPSA) is 56.6 Å². The van der Waals surface area contributed by atoms with Gasteiger partial charge in [0.2, 0.25) is 0 Å². The van der Waals surface area contributed by atoms with Crippen molar-refractivity contribution in [3.8, 4) is 28.5 Å². The first kappa shape index (κ1) is 15.0. The van der Waals surface area contributed by atoms with E-state index < -0.39 is 5.56 Å². The highest BCUT2D eigenvalue weighted by atomic mass is 35.5. The van der Waals surface area contributed by atoms with Crippen molar-refractivity contribution in [2.45, 2.75) is 0 Å². The van der Waals surface area contributed by atoms with E-state index in [1.165, 1.54) is 12.1 Å². The Morgan fingerprint density at radius 3 is 2.39 bits per heavy atom. The predicted octanol–water partition coefficient (Wildman–Crippen LogP) is 4.37. The molecule has 0 atom stereocenters. The lowest BCUT2D eigenvalue weighted by molar-refractivity contribution is 0.628. The van der Waals surface area contributed by atoms with Gasteiger partial charge in [-0.2, -0.15) is 5.26 Å². The molecule has 2 aromatic carbocycles. The molecule has 112 valence electrons. The van der Waals surface area contributed by atoms with Crippen LogP contribution in [0.2, 0.25) is 5.02 Å². The molecule has 0 unspecified atom stereocenters. The SMILES string of the molecule is N#Cc1c(-c2ccccc2Cl)cc(-c2ccc(F)cc2)[nH]c1=O. The number of nitrogens with zero attached hydrogens (tertiary/aromatic N) is 1. The lowest BCUT2D eigenvalue weighted by Gasteiger charge is -2.09. The molecule has 1 aromatic heterocycles. The summed E-state index contributed by atoms with van der Waals surface area (Å²) in [4.78, 5) is 14.9. The minimum Gasteiger partial charge on any atom is -0.321 e. The molecule has 0 amide bonds. The first-order valence-electron chi connectivity index (χ1n) is 6.78. The summed E-state index contributed by atoms with van der Waals surface area (Å²) in [5.74, 6) is -0.365. The van der Waals surface area contributed by atoms with E-state index in [-0.39, 0.29) is 11.4 Å². The van der Waals surface area contributed by atoms with Crippen molar-refractivity contribution in [1.82, 2.24) is 4.98 Å². The Labute approximate surface area is 136 Å². The molecule has 0 aliphatic rings. The first-order valence-corrected chi connectivity index (χ1v) is 7.16. The van der Waals surface area contributed by atoms with Gasteiger partial charge in [0.1, 0.15) is 17.4 Å². The molecule has 0 radical (unpaired) electrons. The van der Waals surface area contributed by atoms with Crippen LogP contribution in [0.25, 0.3) is 22.4 Å². The van der Waals surface area contributed by atoms with Crippen LogP contribution >= 0.6 is 11.6 Å². The van der Waals surface area contributed by atoms with Gasteiger partial charge in [0, 0.05) is 21.8 Å². The quantitative estimate of drug-likeness (QED) is 0.760. The zero-order valence-corrected chi connectivity index (χ0v) is 12.6. The number of hydrogen-bond donors (Lipinski definition) is 1. The van der Waals surface area contributed by atoms with E-state index >= 15 is 0 Å². The zero-order chi connectivity index (χ0) is 16.4. The van der Waals surface area contributed by atoms with Crippen LogP contribution in [-0.4, -0.2) is 4.98 Å². The summed E-state index contributed by atoms with van der Waals surface area (Å²) in [5, 5.41) is 9.73. The minimum absolute atomic E-state index is 0.0102. The van der Waals surface area contributed by atoms with Crippen molar-refractivity contribution in [2.24, 2.45) is 0 Å². The van der Waals surface area contributed by atoms with Gasteiger partial charge in [-0.3, -0.25) is 4.79 Å². The first-order chi connectivity index (χ1) is 11.1. The molecule has 1 heterocycles. The molecule has 3 aromatic rings. The number of hydrogen-bond acceptors (Lipinski definition) is 2. The Morgan fingerprint density at radius 2 is 1.74 bits per heavy atom. The van der Waals surface area contributed by atoms with Crippen LogP contribution in [0.5, 0.6) is 0 Å². The number of nitriles is 1. The number of halogens is 2. The van der Waals surface area contributed by atoms with Crippen molar-refractivity contribution >= 4 is 11.6 Å². The summed E-state index contributed by atoms with van der Waals surface area (Å²) >= 11 is 6.19.